The molecule has 238 valence electrons. The molecule has 0 atom stereocenters. The number of halogens is 2. The van der Waals surface area contributed by atoms with Crippen molar-refractivity contribution in [1.82, 2.24) is 24.8 Å². The van der Waals surface area contributed by atoms with Crippen LogP contribution in [0.15, 0.2) is 49.1 Å². The molecule has 2 aromatic heterocycles. The summed E-state index contributed by atoms with van der Waals surface area (Å²) < 4.78 is 40.6. The van der Waals surface area contributed by atoms with Gasteiger partial charge in [0.15, 0.2) is 11.5 Å². The van der Waals surface area contributed by atoms with Crippen LogP contribution in [0.2, 0.25) is 5.02 Å². The van der Waals surface area contributed by atoms with Crippen molar-refractivity contribution in [1.29, 1.82) is 0 Å². The van der Waals surface area contributed by atoms with E-state index in [1.54, 1.807) is 19.2 Å². The van der Waals surface area contributed by atoms with Crippen LogP contribution in [0.4, 0.5) is 21.8 Å². The lowest BCUT2D eigenvalue weighted by Crippen LogP contribution is -2.37. The van der Waals surface area contributed by atoms with E-state index in [1.165, 1.54) is 30.9 Å². The summed E-state index contributed by atoms with van der Waals surface area (Å²) in [6.07, 6.45) is 6.09. The number of nitrogens with one attached hydrogen (secondary N) is 2. The quantitative estimate of drug-likeness (QED) is 0.157. The Morgan fingerprint density at radius 1 is 1.11 bits per heavy atom. The molecule has 1 fully saturated rings. The number of aromatic nitrogens is 4. The van der Waals surface area contributed by atoms with E-state index in [-0.39, 0.29) is 23.1 Å². The van der Waals surface area contributed by atoms with Gasteiger partial charge in [0.2, 0.25) is 5.95 Å². The van der Waals surface area contributed by atoms with Gasteiger partial charge in [-0.3, -0.25) is 14.6 Å². The molecular formula is C28H30ClFN7O7P. The van der Waals surface area contributed by atoms with Gasteiger partial charge in [0.1, 0.15) is 18.0 Å². The van der Waals surface area contributed by atoms with E-state index < -0.39 is 19.5 Å². The lowest BCUT2D eigenvalue weighted by molar-refractivity contribution is 0.102. The van der Waals surface area contributed by atoms with Crippen molar-refractivity contribution in [2.75, 3.05) is 50.6 Å². The van der Waals surface area contributed by atoms with Crippen LogP contribution in [-0.2, 0) is 9.09 Å². The minimum atomic E-state index is -4.46. The molecule has 4 aromatic rings. The number of carbonyl (C=O) groups excluding carboxylic acids is 1. The highest BCUT2D eigenvalue weighted by Gasteiger charge is 2.22. The van der Waals surface area contributed by atoms with Crippen LogP contribution in [0.25, 0.3) is 10.9 Å². The molecule has 0 unspecified atom stereocenters. The van der Waals surface area contributed by atoms with Crippen LogP contribution in [0.3, 0.4) is 0 Å². The first-order valence-corrected chi connectivity index (χ1v) is 15.7. The van der Waals surface area contributed by atoms with E-state index >= 15 is 0 Å². The highest BCUT2D eigenvalue weighted by Crippen LogP contribution is 2.36. The second kappa shape index (κ2) is 14.4. The monoisotopic (exact) mass is 661 g/mol. The highest BCUT2D eigenvalue weighted by molar-refractivity contribution is 7.46. The molecular weight excluding hydrogens is 632 g/mol. The molecule has 5 rings (SSSR count). The third kappa shape index (κ3) is 8.81. The van der Waals surface area contributed by atoms with Crippen molar-refractivity contribution in [3.8, 4) is 11.5 Å². The molecule has 17 heteroatoms. The summed E-state index contributed by atoms with van der Waals surface area (Å²) in [5.41, 5.74) is 1.27. The molecule has 14 nitrogen and oxygen atoms in total. The first-order chi connectivity index (χ1) is 21.6. The number of piperidine rings is 1. The van der Waals surface area contributed by atoms with Gasteiger partial charge in [0.25, 0.3) is 5.91 Å². The maximum absolute atomic E-state index is 13.4. The minimum Gasteiger partial charge on any atom is -0.493 e. The average molecular weight is 662 g/mol. The number of hydrogen-bond acceptors (Lipinski definition) is 11. The summed E-state index contributed by atoms with van der Waals surface area (Å²) in [6.45, 7) is 2.45. The number of phosphoric ester groups is 1. The van der Waals surface area contributed by atoms with Crippen LogP contribution < -0.4 is 20.1 Å². The standard InChI is InChI=1S/C28H30ClFN7O7P/c1-42-24-11-20-23(12-25(24)43-15-17-4-6-37(7-5-17)8-9-44-45(39,40)41)33-16-34-26(20)35-19-13-31-28(32-14-19)36-27(38)18-2-3-22(30)21(29)10-18/h2-3,10-14,16-17H,4-9,15H2,1H3,(H,33,34,35)(H2,39,40,41)(H,31,32,36,38). The van der Waals surface area contributed by atoms with Crippen molar-refractivity contribution < 1.29 is 37.5 Å². The summed E-state index contributed by atoms with van der Waals surface area (Å²) in [5.74, 6) is 0.692. The van der Waals surface area contributed by atoms with Gasteiger partial charge >= 0.3 is 7.82 Å². The number of anilines is 3. The Balaban J connectivity index is 1.19. The molecule has 4 N–H and O–H groups in total. The summed E-state index contributed by atoms with van der Waals surface area (Å²) in [5, 5.41) is 6.19. The fraction of sp³-hybridized carbons (Fsp3) is 0.321. The van der Waals surface area contributed by atoms with Gasteiger partial charge < -0.3 is 29.5 Å². The minimum absolute atomic E-state index is 0.0239. The molecule has 0 bridgehead atoms. The van der Waals surface area contributed by atoms with Crippen LogP contribution in [0, 0.1) is 11.7 Å². The van der Waals surface area contributed by atoms with Crippen LogP contribution in [0.1, 0.15) is 23.2 Å². The normalized spacial score (nSPS) is 14.3. The largest absolute Gasteiger partial charge is 0.493 e. The molecule has 0 aliphatic carbocycles. The molecule has 1 aliphatic heterocycles. The first-order valence-electron chi connectivity index (χ1n) is 13.8. The lowest BCUT2D eigenvalue weighted by atomic mass is 9.98. The number of carbonyl (C=O) groups is 1. The number of benzene rings is 2. The Bertz CT molecular complexity index is 1710. The van der Waals surface area contributed by atoms with Gasteiger partial charge in [-0.2, -0.15) is 0 Å². The number of methoxy groups -OCH3 is 1. The zero-order valence-electron chi connectivity index (χ0n) is 24.0. The molecule has 1 saturated heterocycles. The molecule has 0 radical (unpaired) electrons. The average Bonchev–Trinajstić information content (AvgIpc) is 3.02. The van der Waals surface area contributed by atoms with E-state index in [1.807, 2.05) is 0 Å². The van der Waals surface area contributed by atoms with Gasteiger partial charge in [0, 0.05) is 23.6 Å². The first kappa shape index (κ1) is 32.4. The number of likely N-dealkylation sites (tertiary alicyclic amines) is 1. The molecule has 45 heavy (non-hydrogen) atoms. The van der Waals surface area contributed by atoms with Crippen LogP contribution in [-0.4, -0.2) is 80.5 Å². The Hall–Kier alpha value is -3.98. The molecule has 1 amide bonds. The summed E-state index contributed by atoms with van der Waals surface area (Å²) in [6, 6.07) is 7.19. The summed E-state index contributed by atoms with van der Waals surface area (Å²) in [4.78, 5) is 49.3. The van der Waals surface area contributed by atoms with Gasteiger partial charge in [-0.15, -0.1) is 0 Å². The maximum atomic E-state index is 13.4. The Morgan fingerprint density at radius 2 is 1.87 bits per heavy atom. The van der Waals surface area contributed by atoms with E-state index in [9.17, 15) is 13.8 Å². The van der Waals surface area contributed by atoms with E-state index in [0.29, 0.717) is 53.0 Å². The smallest absolute Gasteiger partial charge is 0.469 e. The van der Waals surface area contributed by atoms with Gasteiger partial charge in [-0.25, -0.2) is 28.9 Å². The predicted octanol–water partition coefficient (Wildman–Crippen LogP) is 4.42. The Kier molecular flexibility index (Phi) is 10.4. The molecule has 3 heterocycles. The second-order valence-corrected chi connectivity index (χ2v) is 11.8. The maximum Gasteiger partial charge on any atom is 0.469 e. The molecule has 0 saturated carbocycles. The van der Waals surface area contributed by atoms with Crippen molar-refractivity contribution >= 4 is 53.7 Å². The van der Waals surface area contributed by atoms with Crippen LogP contribution in [0.5, 0.6) is 11.5 Å². The Morgan fingerprint density at radius 3 is 2.56 bits per heavy atom. The van der Waals surface area contributed by atoms with Gasteiger partial charge in [-0.1, -0.05) is 11.6 Å². The van der Waals surface area contributed by atoms with Crippen molar-refractivity contribution in [2.24, 2.45) is 5.92 Å². The lowest BCUT2D eigenvalue weighted by Gasteiger charge is -2.31. The predicted molar refractivity (Wildman–Crippen MR) is 163 cm³/mol. The Labute approximate surface area is 262 Å². The summed E-state index contributed by atoms with van der Waals surface area (Å²) >= 11 is 5.76. The zero-order valence-corrected chi connectivity index (χ0v) is 25.7. The second-order valence-electron chi connectivity index (χ2n) is 10.2. The van der Waals surface area contributed by atoms with Gasteiger partial charge in [-0.05, 0) is 56.1 Å². The molecule has 2 aromatic carbocycles. The molecule has 1 aliphatic rings. The third-order valence-corrected chi connectivity index (χ3v) is 7.90. The van der Waals surface area contributed by atoms with Crippen LogP contribution >= 0.6 is 19.4 Å². The van der Waals surface area contributed by atoms with Crippen molar-refractivity contribution in [3.63, 3.8) is 0 Å². The van der Waals surface area contributed by atoms with Crippen molar-refractivity contribution in [3.05, 3.63) is 65.5 Å². The third-order valence-electron chi connectivity index (χ3n) is 7.09. The number of amides is 1. The fourth-order valence-electron chi connectivity index (χ4n) is 4.71. The fourth-order valence-corrected chi connectivity index (χ4v) is 5.21. The summed E-state index contributed by atoms with van der Waals surface area (Å²) in [7, 11) is -2.91. The SMILES string of the molecule is COc1cc2c(Nc3cnc(NC(=O)c4ccc(F)c(Cl)c4)nc3)ncnc2cc1OCC1CCN(CCOP(=O)(O)O)CC1. The number of nitrogens with zero attached hydrogens (tertiary/aromatic N) is 5. The number of hydrogen-bond donors (Lipinski definition) is 4. The zero-order chi connectivity index (χ0) is 32.0. The van der Waals surface area contributed by atoms with Gasteiger partial charge in [0.05, 0.1) is 48.9 Å². The number of fused-ring (bicyclic) bond motifs is 1. The highest BCUT2D eigenvalue weighted by atomic mass is 35.5. The van der Waals surface area contributed by atoms with E-state index in [0.717, 1.165) is 32.0 Å². The van der Waals surface area contributed by atoms with E-state index in [2.05, 4.69) is 40.0 Å². The number of phosphoric acid groups is 1. The van der Waals surface area contributed by atoms with E-state index in [4.69, 9.17) is 30.9 Å². The molecule has 0 spiro atoms. The number of rotatable bonds is 12. The van der Waals surface area contributed by atoms with Crippen molar-refractivity contribution in [2.45, 2.75) is 12.8 Å². The number of ether oxygens (including phenoxy) is 2. The topological polar surface area (TPSA) is 181 Å².